The fourth-order valence-corrected chi connectivity index (χ4v) is 2.69. The van der Waals surface area contributed by atoms with Gasteiger partial charge in [-0.25, -0.2) is 4.79 Å². The van der Waals surface area contributed by atoms with Gasteiger partial charge in [-0.15, -0.1) is 0 Å². The first-order valence-electron chi connectivity index (χ1n) is 9.73. The van der Waals surface area contributed by atoms with Crippen molar-refractivity contribution in [3.8, 4) is 11.5 Å². The molecule has 31 heavy (non-hydrogen) atoms. The van der Waals surface area contributed by atoms with E-state index in [2.05, 4.69) is 10.6 Å². The third kappa shape index (κ3) is 6.78. The Balaban J connectivity index is 1.44. The van der Waals surface area contributed by atoms with Gasteiger partial charge in [0.25, 0.3) is 5.91 Å². The van der Waals surface area contributed by atoms with Crippen LogP contribution in [0.2, 0.25) is 0 Å². The van der Waals surface area contributed by atoms with Crippen LogP contribution in [-0.2, 0) is 14.3 Å². The van der Waals surface area contributed by atoms with Crippen LogP contribution in [0.15, 0.2) is 78.9 Å². The van der Waals surface area contributed by atoms with Gasteiger partial charge in [-0.2, -0.15) is 0 Å². The first kappa shape index (κ1) is 21.7. The lowest BCUT2D eigenvalue weighted by molar-refractivity contribution is -0.155. The zero-order valence-corrected chi connectivity index (χ0v) is 17.3. The van der Waals surface area contributed by atoms with Gasteiger partial charge in [-0.1, -0.05) is 24.3 Å². The molecule has 0 unspecified atom stereocenters. The minimum absolute atomic E-state index is 0.303. The summed E-state index contributed by atoms with van der Waals surface area (Å²) in [6, 6.07) is 23.9. The molecule has 2 N–H and O–H groups in total. The van der Waals surface area contributed by atoms with E-state index in [4.69, 9.17) is 14.2 Å². The van der Waals surface area contributed by atoms with Crippen molar-refractivity contribution in [2.24, 2.45) is 0 Å². The number of methoxy groups -OCH3 is 1. The SMILES string of the molecule is COc1cccc(NC(=O)[C@@H](C)OC(=O)COc2ccc(Nc3ccccc3)cc2)c1. The third-order valence-electron chi connectivity index (χ3n) is 4.29. The number of nitrogens with one attached hydrogen (secondary N) is 2. The Hall–Kier alpha value is -4.00. The van der Waals surface area contributed by atoms with Crippen LogP contribution in [-0.4, -0.2) is 31.7 Å². The number of carbonyl (C=O) groups excluding carboxylic acids is 2. The minimum Gasteiger partial charge on any atom is -0.497 e. The second-order valence-electron chi connectivity index (χ2n) is 6.66. The standard InChI is InChI=1S/C24H24N2O5/c1-17(24(28)26-20-9-6-10-22(15-20)29-2)31-23(27)16-30-21-13-11-19(12-14-21)25-18-7-4-3-5-8-18/h3-15,17,25H,16H2,1-2H3,(H,26,28)/t17-/m1/s1. The van der Waals surface area contributed by atoms with Crippen LogP contribution in [0.1, 0.15) is 6.92 Å². The van der Waals surface area contributed by atoms with Crippen molar-refractivity contribution >= 4 is 28.9 Å². The van der Waals surface area contributed by atoms with Crippen LogP contribution in [0.25, 0.3) is 0 Å². The molecule has 1 atom stereocenters. The molecule has 3 rings (SSSR count). The molecule has 0 spiro atoms. The van der Waals surface area contributed by atoms with Crippen molar-refractivity contribution in [3.63, 3.8) is 0 Å². The van der Waals surface area contributed by atoms with E-state index in [0.29, 0.717) is 17.2 Å². The van der Waals surface area contributed by atoms with Gasteiger partial charge in [-0.3, -0.25) is 4.79 Å². The normalized spacial score (nSPS) is 11.2. The lowest BCUT2D eigenvalue weighted by Crippen LogP contribution is -2.31. The molecule has 160 valence electrons. The number of esters is 1. The predicted octanol–water partition coefficient (Wildman–Crippen LogP) is 4.39. The van der Waals surface area contributed by atoms with Gasteiger partial charge in [-0.05, 0) is 55.5 Å². The molecular weight excluding hydrogens is 396 g/mol. The molecule has 1 amide bonds. The summed E-state index contributed by atoms with van der Waals surface area (Å²) >= 11 is 0. The largest absolute Gasteiger partial charge is 0.497 e. The fourth-order valence-electron chi connectivity index (χ4n) is 2.69. The Morgan fingerprint density at radius 2 is 1.52 bits per heavy atom. The molecule has 0 bridgehead atoms. The maximum absolute atomic E-state index is 12.2. The highest BCUT2D eigenvalue weighted by Gasteiger charge is 2.18. The zero-order chi connectivity index (χ0) is 22.1. The van der Waals surface area contributed by atoms with Crippen molar-refractivity contribution < 1.29 is 23.8 Å². The average molecular weight is 420 g/mol. The van der Waals surface area contributed by atoms with Crippen molar-refractivity contribution in [2.75, 3.05) is 24.4 Å². The van der Waals surface area contributed by atoms with Crippen molar-refractivity contribution in [1.29, 1.82) is 0 Å². The van der Waals surface area contributed by atoms with Crippen molar-refractivity contribution in [2.45, 2.75) is 13.0 Å². The Morgan fingerprint density at radius 3 is 2.23 bits per heavy atom. The molecule has 0 aliphatic carbocycles. The van der Waals surface area contributed by atoms with Gasteiger partial charge in [0, 0.05) is 23.1 Å². The summed E-state index contributed by atoms with van der Waals surface area (Å²) in [6.45, 7) is 1.19. The summed E-state index contributed by atoms with van der Waals surface area (Å²) in [4.78, 5) is 24.3. The number of benzene rings is 3. The second-order valence-corrected chi connectivity index (χ2v) is 6.66. The molecule has 0 aliphatic rings. The monoisotopic (exact) mass is 420 g/mol. The maximum atomic E-state index is 12.2. The van der Waals surface area contributed by atoms with Gasteiger partial charge >= 0.3 is 5.97 Å². The molecule has 0 saturated carbocycles. The zero-order valence-electron chi connectivity index (χ0n) is 17.3. The van der Waals surface area contributed by atoms with Crippen LogP contribution in [0.4, 0.5) is 17.1 Å². The molecule has 0 radical (unpaired) electrons. The Morgan fingerprint density at radius 1 is 0.839 bits per heavy atom. The molecule has 0 aromatic heterocycles. The number of anilines is 3. The van der Waals surface area contributed by atoms with Gasteiger partial charge in [0.05, 0.1) is 7.11 Å². The molecular formula is C24H24N2O5. The molecule has 0 aliphatic heterocycles. The lowest BCUT2D eigenvalue weighted by atomic mass is 10.2. The summed E-state index contributed by atoms with van der Waals surface area (Å²) in [7, 11) is 1.54. The highest BCUT2D eigenvalue weighted by molar-refractivity contribution is 5.95. The summed E-state index contributed by atoms with van der Waals surface area (Å²) in [5, 5.41) is 5.94. The lowest BCUT2D eigenvalue weighted by Gasteiger charge is -2.14. The number of carbonyl (C=O) groups is 2. The van der Waals surface area contributed by atoms with Crippen LogP contribution in [0, 0.1) is 0 Å². The van der Waals surface area contributed by atoms with Gasteiger partial charge in [0.15, 0.2) is 12.7 Å². The molecule has 7 nitrogen and oxygen atoms in total. The first-order chi connectivity index (χ1) is 15.0. The van der Waals surface area contributed by atoms with E-state index in [9.17, 15) is 9.59 Å². The minimum atomic E-state index is -0.972. The molecule has 0 heterocycles. The Labute approximate surface area is 180 Å². The van der Waals surface area contributed by atoms with E-state index in [1.165, 1.54) is 6.92 Å². The van der Waals surface area contributed by atoms with E-state index in [1.807, 2.05) is 42.5 Å². The summed E-state index contributed by atoms with van der Waals surface area (Å²) in [6.07, 6.45) is -0.972. The van der Waals surface area contributed by atoms with E-state index in [-0.39, 0.29) is 6.61 Å². The first-order valence-corrected chi connectivity index (χ1v) is 9.73. The Kier molecular flexibility index (Phi) is 7.48. The van der Waals surface area contributed by atoms with Crippen LogP contribution in [0.5, 0.6) is 11.5 Å². The fraction of sp³-hybridized carbons (Fsp3) is 0.167. The number of hydrogen-bond donors (Lipinski definition) is 2. The number of ether oxygens (including phenoxy) is 3. The average Bonchev–Trinajstić information content (AvgIpc) is 2.79. The van der Waals surface area contributed by atoms with Crippen LogP contribution >= 0.6 is 0 Å². The quantitative estimate of drug-likeness (QED) is 0.500. The number of hydrogen-bond acceptors (Lipinski definition) is 6. The molecule has 0 fully saturated rings. The van der Waals surface area contributed by atoms with E-state index < -0.39 is 18.0 Å². The van der Waals surface area contributed by atoms with Crippen molar-refractivity contribution in [1.82, 2.24) is 0 Å². The van der Waals surface area contributed by atoms with Crippen molar-refractivity contribution in [3.05, 3.63) is 78.9 Å². The van der Waals surface area contributed by atoms with E-state index in [1.54, 1.807) is 43.5 Å². The summed E-state index contributed by atoms with van der Waals surface area (Å²) < 4.78 is 15.7. The molecule has 3 aromatic carbocycles. The summed E-state index contributed by atoms with van der Waals surface area (Å²) in [5.74, 6) is 0.0441. The number of rotatable bonds is 9. The highest BCUT2D eigenvalue weighted by Crippen LogP contribution is 2.20. The highest BCUT2D eigenvalue weighted by atomic mass is 16.6. The van der Waals surface area contributed by atoms with Crippen LogP contribution < -0.4 is 20.1 Å². The number of amides is 1. The molecule has 7 heteroatoms. The molecule has 0 saturated heterocycles. The van der Waals surface area contributed by atoms with Gasteiger partial charge in [0.1, 0.15) is 11.5 Å². The van der Waals surface area contributed by atoms with Crippen LogP contribution in [0.3, 0.4) is 0 Å². The predicted molar refractivity (Wildman–Crippen MR) is 119 cm³/mol. The number of para-hydroxylation sites is 1. The van der Waals surface area contributed by atoms with E-state index >= 15 is 0 Å². The van der Waals surface area contributed by atoms with Gasteiger partial charge in [0.2, 0.25) is 0 Å². The Bertz CT molecular complexity index is 1010. The third-order valence-corrected chi connectivity index (χ3v) is 4.29. The summed E-state index contributed by atoms with van der Waals surface area (Å²) in [5.41, 5.74) is 2.41. The van der Waals surface area contributed by atoms with E-state index in [0.717, 1.165) is 11.4 Å². The topological polar surface area (TPSA) is 85.9 Å². The molecule has 3 aromatic rings. The smallest absolute Gasteiger partial charge is 0.344 e. The second kappa shape index (κ2) is 10.7. The van der Waals surface area contributed by atoms with Gasteiger partial charge < -0.3 is 24.8 Å². The maximum Gasteiger partial charge on any atom is 0.344 e.